The lowest BCUT2D eigenvalue weighted by molar-refractivity contribution is -0.926. The number of carboxylic acids is 1. The van der Waals surface area contributed by atoms with Crippen molar-refractivity contribution in [2.45, 2.75) is 56.8 Å². The Morgan fingerprint density at radius 2 is 1.10 bits per heavy atom. The van der Waals surface area contributed by atoms with Gasteiger partial charge in [0, 0.05) is 25.7 Å². The van der Waals surface area contributed by atoms with Crippen LogP contribution in [0.4, 0.5) is 17.6 Å². The Bertz CT molecular complexity index is 1020. The highest BCUT2D eigenvalue weighted by Gasteiger charge is 2.51. The van der Waals surface area contributed by atoms with E-state index in [1.807, 2.05) is 13.8 Å². The maximum Gasteiger partial charge on any atom is 0.490 e. The number of ether oxygens (including phenoxy) is 1. The van der Waals surface area contributed by atoms with Gasteiger partial charge in [-0.3, -0.25) is 4.39 Å². The lowest BCUT2D eigenvalue weighted by Gasteiger charge is -2.39. The van der Waals surface area contributed by atoms with Gasteiger partial charge in [0.1, 0.15) is 17.7 Å². The van der Waals surface area contributed by atoms with Crippen molar-refractivity contribution in [3.63, 3.8) is 0 Å². The summed E-state index contributed by atoms with van der Waals surface area (Å²) in [6.45, 7) is 7.41. The Kier molecular flexibility index (Phi) is 12.8. The predicted octanol–water partition coefficient (Wildman–Crippen LogP) is 6.45. The van der Waals surface area contributed by atoms with Crippen LogP contribution in [0.5, 0.6) is 0 Å². The minimum Gasteiger partial charge on any atom is -0.475 e. The number of benzene rings is 3. The number of aliphatic carboxylic acids is 1. The number of alkyl halides is 4. The molecule has 0 aromatic heterocycles. The summed E-state index contributed by atoms with van der Waals surface area (Å²) in [6, 6.07) is 32.3. The van der Waals surface area contributed by atoms with Gasteiger partial charge >= 0.3 is 12.1 Å². The van der Waals surface area contributed by atoms with Crippen LogP contribution in [0, 0.1) is 0 Å². The Hall–Kier alpha value is -3.23. The van der Waals surface area contributed by atoms with E-state index in [1.54, 1.807) is 4.90 Å². The molecule has 5 rings (SSSR count). The number of rotatable bonds is 6. The van der Waals surface area contributed by atoms with Gasteiger partial charge in [-0.15, -0.1) is 0 Å². The van der Waals surface area contributed by atoms with Gasteiger partial charge in [-0.1, -0.05) is 105 Å². The highest BCUT2D eigenvalue weighted by molar-refractivity contribution is 5.73. The van der Waals surface area contributed by atoms with E-state index in [2.05, 4.69) is 91.0 Å². The first-order valence-corrected chi connectivity index (χ1v) is 13.6. The summed E-state index contributed by atoms with van der Waals surface area (Å²) in [4.78, 5) is 10.7. The van der Waals surface area contributed by atoms with Crippen molar-refractivity contribution < 1.29 is 37.1 Å². The van der Waals surface area contributed by atoms with Crippen molar-refractivity contribution in [2.75, 3.05) is 26.9 Å². The second kappa shape index (κ2) is 15.5. The zero-order valence-electron chi connectivity index (χ0n) is 23.4. The SMILES string of the molecule is CC.CF.O=C(O)C(F)(F)F.c1ccc(C(OCC23CCC[NH+]2CCC3)(c2ccccc2)c2ccccc2)cc1. The molecule has 8 heteroatoms. The van der Waals surface area contributed by atoms with E-state index in [-0.39, 0.29) is 0 Å². The van der Waals surface area contributed by atoms with E-state index in [9.17, 15) is 17.6 Å². The Labute approximate surface area is 234 Å². The van der Waals surface area contributed by atoms with E-state index in [4.69, 9.17) is 14.6 Å². The monoisotopic (exact) mass is 562 g/mol. The van der Waals surface area contributed by atoms with Gasteiger partial charge < -0.3 is 14.7 Å². The van der Waals surface area contributed by atoms with Gasteiger partial charge in [-0.2, -0.15) is 13.2 Å². The minimum absolute atomic E-state index is 0.295. The van der Waals surface area contributed by atoms with Crippen molar-refractivity contribution in [3.8, 4) is 0 Å². The summed E-state index contributed by atoms with van der Waals surface area (Å²) >= 11 is 0. The van der Waals surface area contributed by atoms with E-state index in [1.165, 1.54) is 55.5 Å². The number of halogens is 4. The minimum atomic E-state index is -5.08. The van der Waals surface area contributed by atoms with Gasteiger partial charge in [0.15, 0.2) is 0 Å². The quantitative estimate of drug-likeness (QED) is 0.268. The average molecular weight is 563 g/mol. The molecular weight excluding hydrogens is 522 g/mol. The number of quaternary nitrogens is 1. The van der Waals surface area contributed by atoms with Gasteiger partial charge in [0.05, 0.1) is 20.3 Å². The molecule has 2 N–H and O–H groups in total. The molecule has 0 unspecified atom stereocenters. The van der Waals surface area contributed by atoms with Crippen LogP contribution in [-0.2, 0) is 15.1 Å². The number of carboxylic acid groups (broad SMARTS) is 1. The molecule has 3 aromatic rings. The fourth-order valence-corrected chi connectivity index (χ4v) is 5.68. The van der Waals surface area contributed by atoms with Crippen LogP contribution in [-0.4, -0.2) is 49.7 Å². The fraction of sp³-hybridized carbons (Fsp3) is 0.406. The molecule has 40 heavy (non-hydrogen) atoms. The van der Waals surface area contributed by atoms with Gasteiger partial charge in [0.2, 0.25) is 0 Å². The smallest absolute Gasteiger partial charge is 0.475 e. The standard InChI is InChI=1S/C27H29NO.C2HF3O2.C2H6.CH3F/c1-4-12-23(13-5-1)27(24-14-6-2-7-15-24,25-16-8-3-9-17-25)29-22-26-18-10-20-28(26)21-11-19-26;3-2(4,5)1(6)7;2*1-2/h1-9,12-17H,10-11,18-22H2;(H,6,7);1-2H3;1H3/p+1. The highest BCUT2D eigenvalue weighted by atomic mass is 19.4. The molecule has 0 amide bonds. The topological polar surface area (TPSA) is 51.0 Å². The highest BCUT2D eigenvalue weighted by Crippen LogP contribution is 2.41. The first-order chi connectivity index (χ1) is 19.3. The molecule has 218 valence electrons. The van der Waals surface area contributed by atoms with Crippen LogP contribution in [0.2, 0.25) is 0 Å². The van der Waals surface area contributed by atoms with Gasteiger partial charge in [0.25, 0.3) is 0 Å². The molecular formula is C32H40F4NO3+. The zero-order valence-corrected chi connectivity index (χ0v) is 23.4. The number of hydrogen-bond donors (Lipinski definition) is 2. The van der Waals surface area contributed by atoms with Crippen LogP contribution in [0.25, 0.3) is 0 Å². The Morgan fingerprint density at radius 3 is 1.40 bits per heavy atom. The molecule has 4 nitrogen and oxygen atoms in total. The fourth-order valence-electron chi connectivity index (χ4n) is 5.68. The molecule has 3 aromatic carbocycles. The number of carbonyl (C=O) groups is 1. The van der Waals surface area contributed by atoms with Crippen LogP contribution < -0.4 is 4.90 Å². The molecule has 0 bridgehead atoms. The number of fused-ring (bicyclic) bond motifs is 1. The second-order valence-corrected chi connectivity index (χ2v) is 9.46. The molecule has 2 fully saturated rings. The van der Waals surface area contributed by atoms with Gasteiger partial charge in [-0.05, 0) is 16.7 Å². The summed E-state index contributed by atoms with van der Waals surface area (Å²) < 4.78 is 48.4. The maximum absolute atomic E-state index is 10.6. The second-order valence-electron chi connectivity index (χ2n) is 9.46. The third-order valence-corrected chi connectivity index (χ3v) is 7.37. The third kappa shape index (κ3) is 7.70. The lowest BCUT2D eigenvalue weighted by atomic mass is 9.79. The summed E-state index contributed by atoms with van der Waals surface area (Å²) in [5.41, 5.74) is 3.31. The predicted molar refractivity (Wildman–Crippen MR) is 149 cm³/mol. The van der Waals surface area contributed by atoms with Crippen molar-refractivity contribution in [2.24, 2.45) is 0 Å². The number of hydrogen-bond acceptors (Lipinski definition) is 2. The van der Waals surface area contributed by atoms with Crippen LogP contribution in [0.3, 0.4) is 0 Å². The van der Waals surface area contributed by atoms with E-state index >= 15 is 0 Å². The number of nitrogens with one attached hydrogen (secondary N) is 1. The van der Waals surface area contributed by atoms with Crippen molar-refractivity contribution >= 4 is 5.97 Å². The lowest BCUT2D eigenvalue weighted by Crippen LogP contribution is -3.16. The molecule has 2 saturated heterocycles. The molecule has 0 radical (unpaired) electrons. The van der Waals surface area contributed by atoms with Crippen molar-refractivity contribution in [1.82, 2.24) is 0 Å². The molecule has 0 spiro atoms. The molecule has 0 atom stereocenters. The molecule has 2 aliphatic heterocycles. The first-order valence-electron chi connectivity index (χ1n) is 13.6. The molecule has 2 heterocycles. The average Bonchev–Trinajstić information content (AvgIpc) is 3.58. The Morgan fingerprint density at radius 1 is 0.775 bits per heavy atom. The van der Waals surface area contributed by atoms with Crippen LogP contribution in [0.15, 0.2) is 91.0 Å². The molecule has 0 aliphatic carbocycles. The normalized spacial score (nSPS) is 19.5. The molecule has 0 saturated carbocycles. The van der Waals surface area contributed by atoms with Gasteiger partial charge in [-0.25, -0.2) is 4.79 Å². The third-order valence-electron chi connectivity index (χ3n) is 7.37. The van der Waals surface area contributed by atoms with Crippen LogP contribution >= 0.6 is 0 Å². The summed E-state index contributed by atoms with van der Waals surface area (Å²) in [5.74, 6) is -2.76. The molecule has 2 aliphatic rings. The van der Waals surface area contributed by atoms with Crippen molar-refractivity contribution in [1.29, 1.82) is 0 Å². The van der Waals surface area contributed by atoms with Crippen molar-refractivity contribution in [3.05, 3.63) is 108 Å². The van der Waals surface area contributed by atoms with E-state index in [0.29, 0.717) is 12.7 Å². The summed E-state index contributed by atoms with van der Waals surface area (Å²) in [6.07, 6.45) is 0.148. The summed E-state index contributed by atoms with van der Waals surface area (Å²) in [5, 5.41) is 7.12. The maximum atomic E-state index is 10.6. The van der Waals surface area contributed by atoms with E-state index < -0.39 is 17.7 Å². The largest absolute Gasteiger partial charge is 0.490 e. The Balaban J connectivity index is 0.000000442. The zero-order chi connectivity index (χ0) is 29.7. The van der Waals surface area contributed by atoms with E-state index in [0.717, 1.165) is 6.61 Å². The summed E-state index contributed by atoms with van der Waals surface area (Å²) in [7, 11) is 0.500. The van der Waals surface area contributed by atoms with Crippen LogP contribution in [0.1, 0.15) is 56.2 Å². The first kappa shape index (κ1) is 33.0.